The van der Waals surface area contributed by atoms with Crippen LogP contribution < -0.4 is 15.4 Å². The van der Waals surface area contributed by atoms with Gasteiger partial charge in [-0.05, 0) is 43.3 Å². The van der Waals surface area contributed by atoms with Crippen LogP contribution >= 0.6 is 35.3 Å². The fraction of sp³-hybridized carbons (Fsp3) is 0.421. The van der Waals surface area contributed by atoms with Crippen LogP contribution in [0.15, 0.2) is 46.8 Å². The summed E-state index contributed by atoms with van der Waals surface area (Å²) in [6, 6.07) is 12.8. The van der Waals surface area contributed by atoms with E-state index >= 15 is 0 Å². The second kappa shape index (κ2) is 10.0. The minimum absolute atomic E-state index is 0. The molecule has 0 bridgehead atoms. The fourth-order valence-corrected chi connectivity index (χ4v) is 3.68. The monoisotopic (exact) mass is 471 g/mol. The van der Waals surface area contributed by atoms with Crippen LogP contribution in [0, 0.1) is 0 Å². The molecule has 2 heterocycles. The molecule has 0 radical (unpaired) electrons. The van der Waals surface area contributed by atoms with Crippen molar-refractivity contribution in [2.75, 3.05) is 19.7 Å². The van der Waals surface area contributed by atoms with Gasteiger partial charge < -0.3 is 15.4 Å². The smallest absolute Gasteiger partial charge is 0.191 e. The van der Waals surface area contributed by atoms with Crippen molar-refractivity contribution in [2.45, 2.75) is 32.2 Å². The van der Waals surface area contributed by atoms with E-state index in [2.05, 4.69) is 54.1 Å². The third-order valence-corrected chi connectivity index (χ3v) is 5.27. The Kier molecular flexibility index (Phi) is 8.02. The van der Waals surface area contributed by atoms with Gasteiger partial charge in [0, 0.05) is 23.9 Å². The Labute approximate surface area is 171 Å². The molecule has 136 valence electrons. The maximum absolute atomic E-state index is 5.74. The molecule has 0 saturated carbocycles. The minimum Gasteiger partial charge on any atom is -0.493 e. The minimum atomic E-state index is 0. The molecule has 1 aliphatic rings. The lowest BCUT2D eigenvalue weighted by molar-refractivity contribution is 0.269. The van der Waals surface area contributed by atoms with Crippen molar-refractivity contribution in [2.24, 2.45) is 4.99 Å². The van der Waals surface area contributed by atoms with Gasteiger partial charge in [-0.2, -0.15) is 0 Å². The molecule has 2 aromatic rings. The van der Waals surface area contributed by atoms with Gasteiger partial charge >= 0.3 is 0 Å². The van der Waals surface area contributed by atoms with E-state index in [1.165, 1.54) is 10.4 Å². The predicted molar refractivity (Wildman–Crippen MR) is 117 cm³/mol. The van der Waals surface area contributed by atoms with Crippen LogP contribution in [0.3, 0.4) is 0 Å². The Morgan fingerprint density at radius 1 is 1.32 bits per heavy atom. The van der Waals surface area contributed by atoms with Gasteiger partial charge in [0.1, 0.15) is 5.75 Å². The Bertz CT molecular complexity index is 675. The van der Waals surface area contributed by atoms with Gasteiger partial charge in [0.25, 0.3) is 0 Å². The van der Waals surface area contributed by atoms with Gasteiger partial charge in [-0.3, -0.25) is 4.99 Å². The maximum Gasteiger partial charge on any atom is 0.191 e. The van der Waals surface area contributed by atoms with Crippen molar-refractivity contribution in [3.63, 3.8) is 0 Å². The summed E-state index contributed by atoms with van der Waals surface area (Å²) in [4.78, 5) is 6.15. The molecule has 6 heteroatoms. The van der Waals surface area contributed by atoms with E-state index in [9.17, 15) is 0 Å². The number of ether oxygens (including phenoxy) is 1. The number of halogens is 1. The van der Waals surface area contributed by atoms with Crippen LogP contribution in [0.4, 0.5) is 0 Å². The number of para-hydroxylation sites is 1. The van der Waals surface area contributed by atoms with Gasteiger partial charge in [-0.15, -0.1) is 35.3 Å². The van der Waals surface area contributed by atoms with Gasteiger partial charge in [0.05, 0.1) is 12.6 Å². The number of guanidine groups is 1. The molecule has 0 fully saturated rings. The highest BCUT2D eigenvalue weighted by Gasteiger charge is 2.21. The SMILES string of the molecule is CCNC(=NCC1CCOc2ccccc21)NC(C)c1cccs1.I. The summed E-state index contributed by atoms with van der Waals surface area (Å²) in [7, 11) is 0. The molecule has 1 aliphatic heterocycles. The van der Waals surface area contributed by atoms with E-state index in [1.807, 2.05) is 12.1 Å². The maximum atomic E-state index is 5.74. The molecule has 4 nitrogen and oxygen atoms in total. The van der Waals surface area contributed by atoms with Gasteiger partial charge in [0.15, 0.2) is 5.96 Å². The highest BCUT2D eigenvalue weighted by atomic mass is 127. The molecule has 1 aromatic carbocycles. The van der Waals surface area contributed by atoms with E-state index in [-0.39, 0.29) is 30.0 Å². The largest absolute Gasteiger partial charge is 0.493 e. The summed E-state index contributed by atoms with van der Waals surface area (Å²) in [6.07, 6.45) is 1.01. The van der Waals surface area contributed by atoms with Gasteiger partial charge in [0.2, 0.25) is 0 Å². The van der Waals surface area contributed by atoms with E-state index in [1.54, 1.807) is 11.3 Å². The summed E-state index contributed by atoms with van der Waals surface area (Å²) in [5.41, 5.74) is 1.27. The summed E-state index contributed by atoms with van der Waals surface area (Å²) in [6.45, 7) is 6.66. The molecule has 0 spiro atoms. The van der Waals surface area contributed by atoms with E-state index in [0.29, 0.717) is 5.92 Å². The topological polar surface area (TPSA) is 45.7 Å². The molecule has 0 aliphatic carbocycles. The van der Waals surface area contributed by atoms with Crippen LogP contribution in [0.1, 0.15) is 42.7 Å². The zero-order valence-electron chi connectivity index (χ0n) is 14.7. The average Bonchev–Trinajstić information content (AvgIpc) is 3.14. The quantitative estimate of drug-likeness (QED) is 0.382. The van der Waals surface area contributed by atoms with Gasteiger partial charge in [-0.1, -0.05) is 24.3 Å². The second-order valence-corrected chi connectivity index (χ2v) is 6.95. The number of nitrogens with zero attached hydrogens (tertiary/aromatic N) is 1. The molecule has 2 N–H and O–H groups in total. The first-order valence-electron chi connectivity index (χ1n) is 8.58. The number of hydrogen-bond donors (Lipinski definition) is 2. The summed E-state index contributed by atoms with van der Waals surface area (Å²) in [5, 5.41) is 8.96. The molecule has 1 aromatic heterocycles. The molecule has 0 amide bonds. The highest BCUT2D eigenvalue weighted by molar-refractivity contribution is 14.0. The van der Waals surface area contributed by atoms with Crippen molar-refractivity contribution in [1.29, 1.82) is 0 Å². The predicted octanol–water partition coefficient (Wildman–Crippen LogP) is 4.55. The normalized spacial score (nSPS) is 17.7. The summed E-state index contributed by atoms with van der Waals surface area (Å²) < 4.78 is 5.74. The van der Waals surface area contributed by atoms with Crippen LogP contribution in [-0.2, 0) is 0 Å². The highest BCUT2D eigenvalue weighted by Crippen LogP contribution is 2.33. The van der Waals surface area contributed by atoms with E-state index in [0.717, 1.165) is 37.8 Å². The molecule has 2 unspecified atom stereocenters. The lowest BCUT2D eigenvalue weighted by Crippen LogP contribution is -2.39. The Morgan fingerprint density at radius 2 is 2.16 bits per heavy atom. The zero-order chi connectivity index (χ0) is 16.8. The van der Waals surface area contributed by atoms with Crippen LogP contribution in [0.5, 0.6) is 5.75 Å². The second-order valence-electron chi connectivity index (χ2n) is 5.97. The number of hydrogen-bond acceptors (Lipinski definition) is 3. The lowest BCUT2D eigenvalue weighted by atomic mass is 9.93. The molecular formula is C19H26IN3OS. The number of rotatable bonds is 5. The first kappa shape index (κ1) is 20.0. The number of thiophene rings is 1. The Hall–Kier alpha value is -1.28. The molecule has 2 atom stereocenters. The van der Waals surface area contributed by atoms with E-state index < -0.39 is 0 Å². The van der Waals surface area contributed by atoms with Crippen molar-refractivity contribution in [3.8, 4) is 5.75 Å². The van der Waals surface area contributed by atoms with Crippen molar-refractivity contribution in [1.82, 2.24) is 10.6 Å². The van der Waals surface area contributed by atoms with Crippen molar-refractivity contribution >= 4 is 41.3 Å². The molecule has 0 saturated heterocycles. The summed E-state index contributed by atoms with van der Waals surface area (Å²) >= 11 is 1.77. The third kappa shape index (κ3) is 5.34. The molecule has 3 rings (SSSR count). The molecule has 25 heavy (non-hydrogen) atoms. The van der Waals surface area contributed by atoms with Crippen LogP contribution in [0.25, 0.3) is 0 Å². The van der Waals surface area contributed by atoms with Crippen molar-refractivity contribution < 1.29 is 4.74 Å². The Morgan fingerprint density at radius 3 is 2.92 bits per heavy atom. The van der Waals surface area contributed by atoms with Crippen LogP contribution in [0.2, 0.25) is 0 Å². The first-order chi connectivity index (χ1) is 11.8. The molecular weight excluding hydrogens is 445 g/mol. The van der Waals surface area contributed by atoms with Crippen molar-refractivity contribution in [3.05, 3.63) is 52.2 Å². The number of fused-ring (bicyclic) bond motifs is 1. The van der Waals surface area contributed by atoms with Gasteiger partial charge in [-0.25, -0.2) is 0 Å². The summed E-state index contributed by atoms with van der Waals surface area (Å²) in [5.74, 6) is 2.30. The van der Waals surface area contributed by atoms with Crippen LogP contribution in [-0.4, -0.2) is 25.7 Å². The third-order valence-electron chi connectivity index (χ3n) is 4.22. The number of benzene rings is 1. The standard InChI is InChI=1S/C19H25N3OS.HI/c1-3-20-19(22-14(2)18-9-6-12-24-18)21-13-15-10-11-23-17-8-5-4-7-16(15)17;/h4-9,12,14-15H,3,10-11,13H2,1-2H3,(H2,20,21,22);1H. The van der Waals surface area contributed by atoms with E-state index in [4.69, 9.17) is 9.73 Å². The average molecular weight is 471 g/mol. The Balaban J connectivity index is 0.00000225. The zero-order valence-corrected chi connectivity index (χ0v) is 17.8. The fourth-order valence-electron chi connectivity index (χ4n) is 2.94. The number of aliphatic imine (C=N–C) groups is 1. The lowest BCUT2D eigenvalue weighted by Gasteiger charge is -2.25. The number of nitrogens with one attached hydrogen (secondary N) is 2. The first-order valence-corrected chi connectivity index (χ1v) is 9.46.